The molecule has 1 rings (SSSR count). The summed E-state index contributed by atoms with van der Waals surface area (Å²) < 4.78 is 0. The number of anilines is 1. The summed E-state index contributed by atoms with van der Waals surface area (Å²) in [5.41, 5.74) is 7.88. The van der Waals surface area contributed by atoms with Crippen molar-refractivity contribution in [2.45, 2.75) is 12.8 Å². The number of rotatable bonds is 7. The molecule has 0 saturated carbocycles. The first-order valence-electron chi connectivity index (χ1n) is 5.75. The van der Waals surface area contributed by atoms with E-state index in [0.717, 1.165) is 12.1 Å². The van der Waals surface area contributed by atoms with Crippen molar-refractivity contribution in [3.63, 3.8) is 0 Å². The van der Waals surface area contributed by atoms with E-state index in [4.69, 9.17) is 5.73 Å². The second-order valence-electron chi connectivity index (χ2n) is 4.26. The van der Waals surface area contributed by atoms with E-state index in [0.29, 0.717) is 0 Å². The lowest BCUT2D eigenvalue weighted by Crippen LogP contribution is -2.15. The van der Waals surface area contributed by atoms with Crippen molar-refractivity contribution in [1.29, 1.82) is 0 Å². The third-order valence-corrected chi connectivity index (χ3v) is 3.47. The molecule has 1 aromatic carbocycles. The molecule has 0 radical (unpaired) electrons. The van der Waals surface area contributed by atoms with Crippen LogP contribution < -0.4 is 5.73 Å². The van der Waals surface area contributed by atoms with E-state index in [1.165, 1.54) is 30.0 Å². The molecule has 16 heavy (non-hydrogen) atoms. The molecule has 0 aliphatic rings. The highest BCUT2D eigenvalue weighted by Crippen LogP contribution is 2.10. The average Bonchev–Trinajstić information content (AvgIpc) is 2.25. The normalized spacial score (nSPS) is 10.9. The first-order valence-corrected chi connectivity index (χ1v) is 6.91. The van der Waals surface area contributed by atoms with Gasteiger partial charge in [-0.2, -0.15) is 11.8 Å². The summed E-state index contributed by atoms with van der Waals surface area (Å²) in [6, 6.07) is 8.21. The Morgan fingerprint density at radius 1 is 1.12 bits per heavy atom. The van der Waals surface area contributed by atoms with Gasteiger partial charge in [0.25, 0.3) is 0 Å². The maximum absolute atomic E-state index is 5.64. The number of thioether (sulfide) groups is 1. The van der Waals surface area contributed by atoms with Crippen molar-refractivity contribution < 1.29 is 0 Å². The summed E-state index contributed by atoms with van der Waals surface area (Å²) in [6.45, 7) is 1.17. The molecule has 0 aromatic heterocycles. The van der Waals surface area contributed by atoms with Crippen molar-refractivity contribution >= 4 is 17.4 Å². The Morgan fingerprint density at radius 2 is 1.81 bits per heavy atom. The molecule has 0 atom stereocenters. The molecule has 0 unspecified atom stereocenters. The minimum absolute atomic E-state index is 0.851. The zero-order valence-corrected chi connectivity index (χ0v) is 11.1. The summed E-state index contributed by atoms with van der Waals surface area (Å²) in [4.78, 5) is 2.23. The van der Waals surface area contributed by atoms with Crippen molar-refractivity contribution in [1.82, 2.24) is 4.90 Å². The zero-order chi connectivity index (χ0) is 11.8. The number of nitrogen functional groups attached to an aromatic ring is 1. The van der Waals surface area contributed by atoms with Gasteiger partial charge in [0.1, 0.15) is 0 Å². The van der Waals surface area contributed by atoms with E-state index < -0.39 is 0 Å². The minimum atomic E-state index is 0.851. The third-order valence-electron chi connectivity index (χ3n) is 2.42. The van der Waals surface area contributed by atoms with Gasteiger partial charge < -0.3 is 10.6 Å². The quantitative estimate of drug-likeness (QED) is 0.584. The van der Waals surface area contributed by atoms with Gasteiger partial charge in [-0.15, -0.1) is 0 Å². The molecule has 2 N–H and O–H groups in total. The van der Waals surface area contributed by atoms with Gasteiger partial charge in [0.15, 0.2) is 0 Å². The van der Waals surface area contributed by atoms with Crippen LogP contribution in [0.1, 0.15) is 12.0 Å². The SMILES string of the molecule is CN(C)CCSCCCc1ccc(N)cc1. The van der Waals surface area contributed by atoms with Crippen LogP contribution in [0.4, 0.5) is 5.69 Å². The average molecular weight is 238 g/mol. The molecule has 0 amide bonds. The Hall–Kier alpha value is -0.670. The summed E-state index contributed by atoms with van der Waals surface area (Å²) in [5.74, 6) is 2.48. The van der Waals surface area contributed by atoms with Crippen LogP contribution in [0.2, 0.25) is 0 Å². The molecule has 0 aliphatic carbocycles. The summed E-state index contributed by atoms with van der Waals surface area (Å²) in [6.07, 6.45) is 2.41. The van der Waals surface area contributed by atoms with E-state index in [9.17, 15) is 0 Å². The van der Waals surface area contributed by atoms with Gasteiger partial charge in [-0.05, 0) is 50.4 Å². The predicted molar refractivity (Wildman–Crippen MR) is 75.1 cm³/mol. The largest absolute Gasteiger partial charge is 0.399 e. The van der Waals surface area contributed by atoms with Crippen LogP contribution in [0.25, 0.3) is 0 Å². The fourth-order valence-corrected chi connectivity index (χ4v) is 2.46. The van der Waals surface area contributed by atoms with Gasteiger partial charge in [-0.3, -0.25) is 0 Å². The smallest absolute Gasteiger partial charge is 0.0314 e. The molecular weight excluding hydrogens is 216 g/mol. The summed E-state index contributed by atoms with van der Waals surface area (Å²) in [5, 5.41) is 0. The second kappa shape index (κ2) is 7.58. The Labute approximate surface area is 103 Å². The Balaban J connectivity index is 2.05. The second-order valence-corrected chi connectivity index (χ2v) is 5.49. The van der Waals surface area contributed by atoms with Crippen LogP contribution in [0, 0.1) is 0 Å². The van der Waals surface area contributed by atoms with Gasteiger partial charge in [-0.25, -0.2) is 0 Å². The van der Waals surface area contributed by atoms with Gasteiger partial charge in [0.2, 0.25) is 0 Å². The molecule has 0 heterocycles. The molecule has 0 fully saturated rings. The van der Waals surface area contributed by atoms with E-state index in [2.05, 4.69) is 31.1 Å². The highest BCUT2D eigenvalue weighted by atomic mass is 32.2. The van der Waals surface area contributed by atoms with Crippen LogP contribution in [0.3, 0.4) is 0 Å². The number of nitrogens with two attached hydrogens (primary N) is 1. The number of aryl methyl sites for hydroxylation is 1. The Morgan fingerprint density at radius 3 is 2.44 bits per heavy atom. The number of benzene rings is 1. The van der Waals surface area contributed by atoms with Crippen molar-refractivity contribution in [3.8, 4) is 0 Å². The van der Waals surface area contributed by atoms with E-state index >= 15 is 0 Å². The molecule has 0 aliphatic heterocycles. The van der Waals surface area contributed by atoms with E-state index in [-0.39, 0.29) is 0 Å². The number of hydrogen-bond donors (Lipinski definition) is 1. The highest BCUT2D eigenvalue weighted by molar-refractivity contribution is 7.99. The number of hydrogen-bond acceptors (Lipinski definition) is 3. The number of nitrogens with zero attached hydrogens (tertiary/aromatic N) is 1. The van der Waals surface area contributed by atoms with Crippen LogP contribution >= 0.6 is 11.8 Å². The molecule has 1 aromatic rings. The van der Waals surface area contributed by atoms with Gasteiger partial charge in [0.05, 0.1) is 0 Å². The fraction of sp³-hybridized carbons (Fsp3) is 0.538. The van der Waals surface area contributed by atoms with Gasteiger partial charge in [-0.1, -0.05) is 12.1 Å². The van der Waals surface area contributed by atoms with Crippen molar-refractivity contribution in [3.05, 3.63) is 29.8 Å². The molecular formula is C13H22N2S. The molecule has 2 nitrogen and oxygen atoms in total. The van der Waals surface area contributed by atoms with Crippen LogP contribution in [-0.2, 0) is 6.42 Å². The van der Waals surface area contributed by atoms with E-state index in [1.54, 1.807) is 0 Å². The molecule has 0 spiro atoms. The zero-order valence-electron chi connectivity index (χ0n) is 10.3. The topological polar surface area (TPSA) is 29.3 Å². The van der Waals surface area contributed by atoms with E-state index in [1.807, 2.05) is 23.9 Å². The van der Waals surface area contributed by atoms with Crippen molar-refractivity contribution in [2.24, 2.45) is 0 Å². The van der Waals surface area contributed by atoms with Crippen LogP contribution in [0.5, 0.6) is 0 Å². The van der Waals surface area contributed by atoms with Crippen LogP contribution in [0.15, 0.2) is 24.3 Å². The van der Waals surface area contributed by atoms with Crippen LogP contribution in [-0.4, -0.2) is 37.0 Å². The third kappa shape index (κ3) is 6.03. The Kier molecular flexibility index (Phi) is 6.34. The maximum Gasteiger partial charge on any atom is 0.0314 e. The summed E-state index contributed by atoms with van der Waals surface area (Å²) in [7, 11) is 4.24. The Bertz CT molecular complexity index is 282. The predicted octanol–water partition coefficient (Wildman–Crippen LogP) is 2.50. The lowest BCUT2D eigenvalue weighted by molar-refractivity contribution is 0.437. The molecule has 0 saturated heterocycles. The highest BCUT2D eigenvalue weighted by Gasteiger charge is 1.95. The standard InChI is InChI=1S/C13H22N2S/c1-15(2)9-11-16-10-3-4-12-5-7-13(14)8-6-12/h5-8H,3-4,9-11,14H2,1-2H3. The first-order chi connectivity index (χ1) is 7.68. The fourth-order valence-electron chi connectivity index (χ4n) is 1.41. The first kappa shape index (κ1) is 13.4. The van der Waals surface area contributed by atoms with Crippen molar-refractivity contribution in [2.75, 3.05) is 37.9 Å². The summed E-state index contributed by atoms with van der Waals surface area (Å²) >= 11 is 2.04. The van der Waals surface area contributed by atoms with Gasteiger partial charge >= 0.3 is 0 Å². The maximum atomic E-state index is 5.64. The minimum Gasteiger partial charge on any atom is -0.399 e. The lowest BCUT2D eigenvalue weighted by atomic mass is 10.1. The molecule has 3 heteroatoms. The molecule has 0 bridgehead atoms. The molecule has 90 valence electrons. The van der Waals surface area contributed by atoms with Gasteiger partial charge in [0, 0.05) is 18.0 Å². The monoisotopic (exact) mass is 238 g/mol. The lowest BCUT2D eigenvalue weighted by Gasteiger charge is -2.08.